The summed E-state index contributed by atoms with van der Waals surface area (Å²) < 4.78 is 1.27. The van der Waals surface area contributed by atoms with Gasteiger partial charge >= 0.3 is 263 Å². The van der Waals surface area contributed by atoms with E-state index < -0.39 is 31.2 Å². The number of hydrogen-bond donors (Lipinski definition) is 0. The third kappa shape index (κ3) is 7.74. The number of unbranched alkanes of at least 4 members (excludes halogenated alkanes) is 2. The molecule has 5 heteroatoms. The summed E-state index contributed by atoms with van der Waals surface area (Å²) in [7, 11) is -0.659. The molecule has 4 aromatic carbocycles. The molecule has 0 bridgehead atoms. The van der Waals surface area contributed by atoms with Gasteiger partial charge in [0.1, 0.15) is 0 Å². The molecule has 0 nitrogen and oxygen atoms in total. The van der Waals surface area contributed by atoms with Crippen LogP contribution in [0.5, 0.6) is 0 Å². The van der Waals surface area contributed by atoms with Gasteiger partial charge in [-0.25, -0.2) is 0 Å². The summed E-state index contributed by atoms with van der Waals surface area (Å²) in [4.78, 5) is 0. The topological polar surface area (TPSA) is 0 Å². The summed E-state index contributed by atoms with van der Waals surface area (Å²) in [5.41, 5.74) is 6.22. The number of fused-ring (bicyclic) bond motifs is 2. The largest absolute Gasteiger partial charge is 1.00 e. The van der Waals surface area contributed by atoms with Crippen LogP contribution in [0.2, 0.25) is 0 Å². The first-order valence-corrected chi connectivity index (χ1v) is 21.2. The molecule has 0 aromatic heterocycles. The number of benzene rings is 4. The molecule has 2 aliphatic carbocycles. The second-order valence-electron chi connectivity index (χ2n) is 11.1. The Morgan fingerprint density at radius 2 is 0.953 bits per heavy atom. The zero-order valence-electron chi connectivity index (χ0n) is 25.1. The van der Waals surface area contributed by atoms with Crippen LogP contribution >= 0.6 is 15.8 Å². The van der Waals surface area contributed by atoms with E-state index in [1.54, 1.807) is 16.4 Å². The molecule has 0 fully saturated rings. The van der Waals surface area contributed by atoms with Gasteiger partial charge in [0.15, 0.2) is 0 Å². The molecule has 220 valence electrons. The number of rotatable bonds is 12. The Kier molecular flexibility index (Phi) is 13.5. The minimum Gasteiger partial charge on any atom is -1.00 e. The van der Waals surface area contributed by atoms with Gasteiger partial charge in [-0.2, -0.15) is 0 Å². The number of halogens is 2. The standard InChI is InChI=1S/C21H16P.C17H24P.2ClH.Zr/c1-3-11-19(12-4-1)22(20-13-5-2-6-14-20)21-15-17-9-7-8-10-18(17)16-21;1-3-5-11-18(12-6-4-2)17-13-15-9-7-8-10-16(15)14-17;;;/h1-16H;7-10,13-14H,3-6,11-12H2,1-2H3;2*1H;/q;;;;+2/p-2. The molecule has 0 spiro atoms. The number of hydrogen-bond acceptors (Lipinski definition) is 0. The minimum absolute atomic E-state index is 0. The van der Waals surface area contributed by atoms with Crippen molar-refractivity contribution < 1.29 is 48.0 Å². The molecule has 2 aliphatic rings. The third-order valence-electron chi connectivity index (χ3n) is 8.36. The molecular formula is C38H40Cl2P2Zr. The van der Waals surface area contributed by atoms with Crippen molar-refractivity contribution in [3.05, 3.63) is 142 Å². The average molecular weight is 721 g/mol. The van der Waals surface area contributed by atoms with E-state index in [9.17, 15) is 0 Å². The van der Waals surface area contributed by atoms with Crippen LogP contribution in [0.4, 0.5) is 0 Å². The van der Waals surface area contributed by atoms with Gasteiger partial charge in [-0.3, -0.25) is 0 Å². The Labute approximate surface area is 285 Å². The molecule has 2 atom stereocenters. The predicted molar refractivity (Wildman–Crippen MR) is 180 cm³/mol. The van der Waals surface area contributed by atoms with E-state index in [1.807, 2.05) is 5.31 Å². The molecule has 0 radical (unpaired) electrons. The monoisotopic (exact) mass is 718 g/mol. The zero-order chi connectivity index (χ0) is 28.0. The van der Waals surface area contributed by atoms with Crippen LogP contribution in [0.15, 0.2) is 120 Å². The van der Waals surface area contributed by atoms with Gasteiger partial charge in [-0.15, -0.1) is 0 Å². The van der Waals surface area contributed by atoms with Gasteiger partial charge in [0, 0.05) is 0 Å². The van der Waals surface area contributed by atoms with Crippen LogP contribution in [0.1, 0.15) is 69.0 Å². The molecule has 2 unspecified atom stereocenters. The van der Waals surface area contributed by atoms with Crippen LogP contribution in [0, 0.1) is 0 Å². The van der Waals surface area contributed by atoms with Gasteiger partial charge in [-0.1, -0.05) is 0 Å². The van der Waals surface area contributed by atoms with E-state index in [0.29, 0.717) is 7.25 Å². The van der Waals surface area contributed by atoms with Crippen molar-refractivity contribution in [3.8, 4) is 0 Å². The van der Waals surface area contributed by atoms with E-state index in [1.165, 1.54) is 59.7 Å². The van der Waals surface area contributed by atoms with Gasteiger partial charge in [-0.05, 0) is 0 Å². The maximum atomic E-state index is 2.67. The Balaban J connectivity index is 0.00000212. The Bertz CT molecular complexity index is 1470. The maximum Gasteiger partial charge on any atom is -1.00 e. The molecule has 0 N–H and O–H groups in total. The molecule has 6 rings (SSSR count). The van der Waals surface area contributed by atoms with Crippen molar-refractivity contribution in [3.63, 3.8) is 0 Å². The zero-order valence-corrected chi connectivity index (χ0v) is 30.9. The fourth-order valence-corrected chi connectivity index (χ4v) is 19.2. The summed E-state index contributed by atoms with van der Waals surface area (Å²) in [5.74, 6) is 0. The van der Waals surface area contributed by atoms with Crippen molar-refractivity contribution in [1.82, 2.24) is 0 Å². The van der Waals surface area contributed by atoms with Crippen molar-refractivity contribution in [2.45, 2.75) is 46.8 Å². The van der Waals surface area contributed by atoms with Crippen LogP contribution in [0.3, 0.4) is 0 Å². The molecule has 43 heavy (non-hydrogen) atoms. The Morgan fingerprint density at radius 3 is 1.44 bits per heavy atom. The summed E-state index contributed by atoms with van der Waals surface area (Å²) in [6.07, 6.45) is 13.4. The first-order chi connectivity index (χ1) is 20.3. The van der Waals surface area contributed by atoms with Gasteiger partial charge in [0.05, 0.1) is 0 Å². The normalized spacial score (nSPS) is 16.5. The molecule has 0 aliphatic heterocycles. The fraction of sp³-hybridized carbons (Fsp3) is 0.263. The molecule has 0 saturated carbocycles. The Morgan fingerprint density at radius 1 is 0.535 bits per heavy atom. The van der Waals surface area contributed by atoms with Gasteiger partial charge in [0.2, 0.25) is 0 Å². The van der Waals surface area contributed by atoms with E-state index >= 15 is 0 Å². The summed E-state index contributed by atoms with van der Waals surface area (Å²) in [5, 5.41) is 6.50. The predicted octanol–water partition coefficient (Wildman–Crippen LogP) is 4.48. The van der Waals surface area contributed by atoms with E-state index in [0.717, 1.165) is 0 Å². The van der Waals surface area contributed by atoms with Crippen LogP contribution < -0.4 is 35.4 Å². The molecule has 0 heterocycles. The second-order valence-corrected chi connectivity index (χ2v) is 19.5. The first kappa shape index (κ1) is 34.6. The van der Waals surface area contributed by atoms with E-state index in [4.69, 9.17) is 0 Å². The van der Waals surface area contributed by atoms with E-state index in [-0.39, 0.29) is 32.7 Å². The first-order valence-electron chi connectivity index (χ1n) is 15.3. The molecule has 4 aromatic rings. The summed E-state index contributed by atoms with van der Waals surface area (Å²) in [6.45, 7) is 4.72. The van der Waals surface area contributed by atoms with Crippen LogP contribution in [-0.4, -0.2) is 12.3 Å². The van der Waals surface area contributed by atoms with Crippen molar-refractivity contribution in [2.24, 2.45) is 0 Å². The van der Waals surface area contributed by atoms with Crippen molar-refractivity contribution in [2.75, 3.05) is 12.3 Å². The summed E-state index contributed by atoms with van der Waals surface area (Å²) >= 11 is -0.989. The van der Waals surface area contributed by atoms with Crippen molar-refractivity contribution >= 4 is 38.6 Å². The quantitative estimate of drug-likeness (QED) is 0.190. The average Bonchev–Trinajstić information content (AvgIpc) is 3.57. The van der Waals surface area contributed by atoms with E-state index in [2.05, 4.69) is 135 Å². The maximum absolute atomic E-state index is 2.67. The minimum atomic E-state index is -0.989. The van der Waals surface area contributed by atoms with Gasteiger partial charge < -0.3 is 24.8 Å². The molecule has 0 amide bonds. The van der Waals surface area contributed by atoms with Crippen LogP contribution in [0.25, 0.3) is 12.2 Å². The molecular weight excluding hydrogens is 680 g/mol. The Hall–Kier alpha value is -1.32. The van der Waals surface area contributed by atoms with Crippen molar-refractivity contribution in [1.29, 1.82) is 0 Å². The smallest absolute Gasteiger partial charge is 1.00 e. The number of allylic oxidation sites excluding steroid dienone is 2. The third-order valence-corrected chi connectivity index (χ3v) is 19.6. The van der Waals surface area contributed by atoms with Crippen LogP contribution in [-0.2, 0) is 23.2 Å². The fourth-order valence-electron chi connectivity index (χ4n) is 6.27. The van der Waals surface area contributed by atoms with Gasteiger partial charge in [0.25, 0.3) is 0 Å². The molecule has 0 saturated heterocycles. The second kappa shape index (κ2) is 16.8. The summed E-state index contributed by atoms with van der Waals surface area (Å²) in [6, 6.07) is 41.5. The SMILES string of the molecule is CCCCP(CCCC)C1=Cc2ccccc2[CH]1[Zr+2][CH]1C(P(c2ccccc2)c2ccccc2)=Cc2ccccc21.[Cl-].[Cl-].